The maximum absolute atomic E-state index is 12.7. The summed E-state index contributed by atoms with van der Waals surface area (Å²) in [7, 11) is 0. The molecule has 0 aliphatic carbocycles. The van der Waals surface area contributed by atoms with Crippen LogP contribution in [0.25, 0.3) is 11.1 Å². The van der Waals surface area contributed by atoms with Crippen LogP contribution in [0, 0.1) is 0 Å². The molecular weight excluding hydrogens is 309 g/mol. The van der Waals surface area contributed by atoms with Gasteiger partial charge in [-0.2, -0.15) is 18.3 Å². The number of carbonyl (C=O) groups excluding carboxylic acids is 1. The zero-order chi connectivity index (χ0) is 16.8. The molecule has 8 heteroatoms. The number of nitrogens with zero attached hydrogens (tertiary/aromatic N) is 3. The van der Waals surface area contributed by atoms with Crippen molar-refractivity contribution >= 4 is 11.7 Å². The van der Waals surface area contributed by atoms with E-state index in [1.165, 1.54) is 24.0 Å². The number of nitrogens with two attached hydrogens (primary N) is 1. The molecular formula is C15H15F3N4O. The van der Waals surface area contributed by atoms with Crippen molar-refractivity contribution in [2.45, 2.75) is 25.7 Å². The van der Waals surface area contributed by atoms with E-state index in [1.807, 2.05) is 0 Å². The first-order valence-electron chi connectivity index (χ1n) is 7.04. The summed E-state index contributed by atoms with van der Waals surface area (Å²) in [5, 5.41) is 4.21. The van der Waals surface area contributed by atoms with Gasteiger partial charge in [0, 0.05) is 25.1 Å². The van der Waals surface area contributed by atoms with Gasteiger partial charge in [-0.1, -0.05) is 12.1 Å². The molecule has 0 bridgehead atoms. The van der Waals surface area contributed by atoms with Crippen molar-refractivity contribution in [2.75, 3.05) is 11.4 Å². The van der Waals surface area contributed by atoms with Crippen molar-refractivity contribution in [3.63, 3.8) is 0 Å². The number of hydrogen-bond acceptors (Lipinski definition) is 3. The number of amides is 1. The van der Waals surface area contributed by atoms with Crippen LogP contribution in [0.4, 0.5) is 19.0 Å². The van der Waals surface area contributed by atoms with Gasteiger partial charge in [0.2, 0.25) is 5.91 Å². The molecule has 1 amide bonds. The lowest BCUT2D eigenvalue weighted by atomic mass is 10.0. The Morgan fingerprint density at radius 1 is 1.26 bits per heavy atom. The van der Waals surface area contributed by atoms with Gasteiger partial charge in [0.25, 0.3) is 0 Å². The molecule has 1 aliphatic heterocycles. The highest BCUT2D eigenvalue weighted by atomic mass is 19.4. The first-order chi connectivity index (χ1) is 10.8. The molecule has 1 aromatic heterocycles. The minimum atomic E-state index is -4.38. The van der Waals surface area contributed by atoms with Crippen LogP contribution in [-0.2, 0) is 17.5 Å². The van der Waals surface area contributed by atoms with Crippen molar-refractivity contribution in [1.82, 2.24) is 9.78 Å². The second-order valence-electron chi connectivity index (χ2n) is 5.53. The number of anilines is 1. The Balaban J connectivity index is 2.04. The Morgan fingerprint density at radius 3 is 2.48 bits per heavy atom. The molecule has 122 valence electrons. The number of alkyl halides is 3. The molecule has 2 heterocycles. The third kappa shape index (κ3) is 2.81. The second-order valence-corrected chi connectivity index (χ2v) is 5.53. The first kappa shape index (κ1) is 15.5. The average molecular weight is 324 g/mol. The van der Waals surface area contributed by atoms with Crippen LogP contribution in [-0.4, -0.2) is 28.3 Å². The van der Waals surface area contributed by atoms with Crippen LogP contribution in [0.1, 0.15) is 12.5 Å². The second kappa shape index (κ2) is 5.38. The third-order valence-corrected chi connectivity index (χ3v) is 3.80. The summed E-state index contributed by atoms with van der Waals surface area (Å²) in [5.41, 5.74) is 6.38. The van der Waals surface area contributed by atoms with Gasteiger partial charge >= 0.3 is 6.18 Å². The molecule has 2 aromatic rings. The van der Waals surface area contributed by atoms with Crippen molar-refractivity contribution in [3.8, 4) is 11.1 Å². The first-order valence-corrected chi connectivity index (χ1v) is 7.04. The fraction of sp³-hybridized carbons (Fsp3) is 0.333. The van der Waals surface area contributed by atoms with Gasteiger partial charge in [0.05, 0.1) is 18.3 Å². The van der Waals surface area contributed by atoms with E-state index in [1.54, 1.807) is 10.9 Å². The summed E-state index contributed by atoms with van der Waals surface area (Å²) in [5.74, 6) is 0.383. The third-order valence-electron chi connectivity index (χ3n) is 3.80. The lowest BCUT2D eigenvalue weighted by Gasteiger charge is -2.31. The van der Waals surface area contributed by atoms with Crippen LogP contribution in [0.2, 0.25) is 0 Å². The zero-order valence-corrected chi connectivity index (χ0v) is 12.3. The Hall–Kier alpha value is -2.35. The minimum absolute atomic E-state index is 0.185. The summed E-state index contributed by atoms with van der Waals surface area (Å²) in [6.07, 6.45) is -2.83. The molecule has 0 fully saturated rings. The van der Waals surface area contributed by atoms with Crippen molar-refractivity contribution in [2.24, 2.45) is 5.73 Å². The Labute approximate surface area is 130 Å². The van der Waals surface area contributed by atoms with E-state index in [-0.39, 0.29) is 11.9 Å². The monoisotopic (exact) mass is 324 g/mol. The van der Waals surface area contributed by atoms with E-state index in [2.05, 4.69) is 5.10 Å². The molecule has 23 heavy (non-hydrogen) atoms. The number of rotatable bonds is 1. The smallest absolute Gasteiger partial charge is 0.325 e. The predicted molar refractivity (Wildman–Crippen MR) is 78.7 cm³/mol. The van der Waals surface area contributed by atoms with E-state index in [0.29, 0.717) is 30.0 Å². The van der Waals surface area contributed by atoms with E-state index in [4.69, 9.17) is 5.73 Å². The maximum Gasteiger partial charge on any atom is 0.416 e. The molecule has 5 nitrogen and oxygen atoms in total. The summed E-state index contributed by atoms with van der Waals surface area (Å²) in [4.78, 5) is 13.4. The van der Waals surface area contributed by atoms with Crippen LogP contribution >= 0.6 is 0 Å². The molecule has 0 radical (unpaired) electrons. The highest BCUT2D eigenvalue weighted by Gasteiger charge is 2.31. The maximum atomic E-state index is 12.7. The van der Waals surface area contributed by atoms with Crippen molar-refractivity contribution in [1.29, 1.82) is 0 Å². The molecule has 0 saturated carbocycles. The summed E-state index contributed by atoms with van der Waals surface area (Å²) in [6.45, 7) is 2.24. The topological polar surface area (TPSA) is 64.2 Å². The zero-order valence-electron chi connectivity index (χ0n) is 12.3. The lowest BCUT2D eigenvalue weighted by Crippen LogP contribution is -2.48. The lowest BCUT2D eigenvalue weighted by molar-refractivity contribution is -0.137. The van der Waals surface area contributed by atoms with Gasteiger partial charge in [-0.05, 0) is 17.7 Å². The van der Waals surface area contributed by atoms with E-state index < -0.39 is 11.7 Å². The van der Waals surface area contributed by atoms with E-state index in [9.17, 15) is 18.0 Å². The summed E-state index contributed by atoms with van der Waals surface area (Å²) >= 11 is 0. The Kier molecular flexibility index (Phi) is 3.63. The van der Waals surface area contributed by atoms with Gasteiger partial charge in [0.15, 0.2) is 0 Å². The largest absolute Gasteiger partial charge is 0.416 e. The SMILES string of the molecule is CC(=O)N1CC(N)Cn2ncc(-c3ccc(C(F)(F)F)cc3)c21. The number of halogens is 3. The van der Waals surface area contributed by atoms with Crippen LogP contribution in [0.15, 0.2) is 30.5 Å². The fourth-order valence-corrected chi connectivity index (χ4v) is 2.72. The Bertz CT molecular complexity index is 736. The number of carbonyl (C=O) groups is 1. The molecule has 1 aromatic carbocycles. The number of hydrogen-bond donors (Lipinski definition) is 1. The van der Waals surface area contributed by atoms with E-state index in [0.717, 1.165) is 12.1 Å². The van der Waals surface area contributed by atoms with Crippen LogP contribution < -0.4 is 10.6 Å². The summed E-state index contributed by atoms with van der Waals surface area (Å²) < 4.78 is 39.6. The van der Waals surface area contributed by atoms with Gasteiger partial charge in [0.1, 0.15) is 5.82 Å². The van der Waals surface area contributed by atoms with Gasteiger partial charge in [-0.25, -0.2) is 4.68 Å². The molecule has 1 aliphatic rings. The van der Waals surface area contributed by atoms with Gasteiger partial charge in [-0.15, -0.1) is 0 Å². The highest BCUT2D eigenvalue weighted by Crippen LogP contribution is 2.35. The minimum Gasteiger partial charge on any atom is -0.325 e. The standard InChI is InChI=1S/C15H15F3N4O/c1-9(23)21-7-12(19)8-22-14(21)13(6-20-22)10-2-4-11(5-3-10)15(16,17)18/h2-6,12H,7-8,19H2,1H3. The molecule has 2 N–H and O–H groups in total. The van der Waals surface area contributed by atoms with Crippen LogP contribution in [0.5, 0.6) is 0 Å². The van der Waals surface area contributed by atoms with Gasteiger partial charge < -0.3 is 5.73 Å². The molecule has 3 rings (SSSR count). The molecule has 1 atom stereocenters. The normalized spacial score (nSPS) is 18.0. The summed E-state index contributed by atoms with van der Waals surface area (Å²) in [6, 6.07) is 4.57. The van der Waals surface area contributed by atoms with Crippen molar-refractivity contribution in [3.05, 3.63) is 36.0 Å². The fourth-order valence-electron chi connectivity index (χ4n) is 2.72. The quantitative estimate of drug-likeness (QED) is 0.875. The number of fused-ring (bicyclic) bond motifs is 1. The van der Waals surface area contributed by atoms with E-state index >= 15 is 0 Å². The van der Waals surface area contributed by atoms with Crippen molar-refractivity contribution < 1.29 is 18.0 Å². The van der Waals surface area contributed by atoms with Gasteiger partial charge in [-0.3, -0.25) is 9.69 Å². The molecule has 0 saturated heterocycles. The molecule has 0 spiro atoms. The van der Waals surface area contributed by atoms with Crippen LogP contribution in [0.3, 0.4) is 0 Å². The highest BCUT2D eigenvalue weighted by molar-refractivity contribution is 5.95. The number of benzene rings is 1. The predicted octanol–water partition coefficient (Wildman–Crippen LogP) is 2.26. The number of aromatic nitrogens is 2. The average Bonchev–Trinajstić information content (AvgIpc) is 2.89. The molecule has 1 unspecified atom stereocenters. The Morgan fingerprint density at radius 2 is 1.91 bits per heavy atom.